The molecule has 1 amide bonds. The van der Waals surface area contributed by atoms with Crippen LogP contribution in [0.1, 0.15) is 18.1 Å². The Kier molecular flexibility index (Phi) is 6.71. The van der Waals surface area contributed by atoms with Gasteiger partial charge in [-0.15, -0.1) is 0 Å². The van der Waals surface area contributed by atoms with E-state index in [2.05, 4.69) is 10.4 Å². The van der Waals surface area contributed by atoms with Crippen molar-refractivity contribution in [1.29, 1.82) is 0 Å². The number of halogens is 2. The van der Waals surface area contributed by atoms with Crippen LogP contribution in [0, 0.1) is 12.7 Å². The van der Waals surface area contributed by atoms with Crippen molar-refractivity contribution in [1.82, 2.24) is 15.1 Å². The van der Waals surface area contributed by atoms with E-state index in [4.69, 9.17) is 11.6 Å². The highest BCUT2D eigenvalue weighted by Gasteiger charge is 2.16. The number of benzene rings is 2. The molecule has 29 heavy (non-hydrogen) atoms. The summed E-state index contributed by atoms with van der Waals surface area (Å²) in [6.07, 6.45) is 0. The lowest BCUT2D eigenvalue weighted by Gasteiger charge is -2.13. The van der Waals surface area contributed by atoms with Crippen LogP contribution in [0.4, 0.5) is 4.39 Å². The lowest BCUT2D eigenvalue weighted by Crippen LogP contribution is -2.30. The van der Waals surface area contributed by atoms with Crippen molar-refractivity contribution in [2.24, 2.45) is 0 Å². The first-order valence-corrected chi connectivity index (χ1v) is 10.1. The fraction of sp³-hybridized carbons (Fsp3) is 0.190. The van der Waals surface area contributed by atoms with Gasteiger partial charge in [-0.3, -0.25) is 9.59 Å². The van der Waals surface area contributed by atoms with Crippen LogP contribution in [0.2, 0.25) is 5.02 Å². The summed E-state index contributed by atoms with van der Waals surface area (Å²) in [5.41, 5.74) is 2.12. The van der Waals surface area contributed by atoms with E-state index < -0.39 is 11.1 Å². The number of aromatic nitrogens is 2. The molecule has 0 unspecified atom stereocenters. The van der Waals surface area contributed by atoms with E-state index in [1.807, 2.05) is 31.2 Å². The fourth-order valence-electron chi connectivity index (χ4n) is 2.55. The zero-order valence-electron chi connectivity index (χ0n) is 15.9. The molecule has 0 aliphatic carbocycles. The molecular formula is C21H19ClFN3O2S. The minimum Gasteiger partial charge on any atom is -0.351 e. The molecule has 3 aromatic rings. The lowest BCUT2D eigenvalue weighted by atomic mass is 10.2. The minimum atomic E-state index is -0.453. The maximum atomic E-state index is 13.1. The summed E-state index contributed by atoms with van der Waals surface area (Å²) >= 11 is 7.22. The Morgan fingerprint density at radius 3 is 2.62 bits per heavy atom. The minimum absolute atomic E-state index is 0.194. The number of rotatable bonds is 6. The monoisotopic (exact) mass is 431 g/mol. The Balaban J connectivity index is 1.67. The van der Waals surface area contributed by atoms with Crippen LogP contribution in [0.5, 0.6) is 0 Å². The molecule has 0 radical (unpaired) electrons. The van der Waals surface area contributed by atoms with Gasteiger partial charge in [0.15, 0.2) is 0 Å². The smallest absolute Gasteiger partial charge is 0.271 e. The molecule has 0 spiro atoms. The Morgan fingerprint density at radius 2 is 1.93 bits per heavy atom. The van der Waals surface area contributed by atoms with E-state index in [0.29, 0.717) is 16.3 Å². The lowest BCUT2D eigenvalue weighted by molar-refractivity contribution is -0.120. The van der Waals surface area contributed by atoms with Crippen molar-refractivity contribution in [2.75, 3.05) is 0 Å². The molecule has 150 valence electrons. The molecule has 1 heterocycles. The van der Waals surface area contributed by atoms with Crippen molar-refractivity contribution in [3.8, 4) is 5.69 Å². The third-order valence-corrected chi connectivity index (χ3v) is 5.57. The van der Waals surface area contributed by atoms with Gasteiger partial charge in [0.25, 0.3) is 5.56 Å². The number of nitrogens with zero attached hydrogens (tertiary/aromatic N) is 2. The molecular weight excluding hydrogens is 413 g/mol. The maximum absolute atomic E-state index is 13.1. The number of nitrogens with one attached hydrogen (secondary N) is 1. The third-order valence-electron chi connectivity index (χ3n) is 4.19. The number of hydrogen-bond donors (Lipinski definition) is 1. The van der Waals surface area contributed by atoms with Crippen LogP contribution < -0.4 is 10.9 Å². The molecule has 0 saturated carbocycles. The van der Waals surface area contributed by atoms with Gasteiger partial charge in [0.2, 0.25) is 5.91 Å². The second kappa shape index (κ2) is 9.24. The molecule has 8 heteroatoms. The average molecular weight is 432 g/mol. The summed E-state index contributed by atoms with van der Waals surface area (Å²) in [5, 5.41) is 7.50. The van der Waals surface area contributed by atoms with Crippen molar-refractivity contribution in [2.45, 2.75) is 30.7 Å². The van der Waals surface area contributed by atoms with Crippen molar-refractivity contribution < 1.29 is 9.18 Å². The SMILES string of the molecule is Cc1ccc(-n2nc(S[C@@H](C)C(=O)NCc3ccc(F)cc3Cl)ccc2=O)cc1. The summed E-state index contributed by atoms with van der Waals surface area (Å²) in [7, 11) is 0. The van der Waals surface area contributed by atoms with E-state index in [1.54, 1.807) is 13.0 Å². The van der Waals surface area contributed by atoms with Gasteiger partial charge >= 0.3 is 0 Å². The zero-order valence-corrected chi connectivity index (χ0v) is 17.4. The van der Waals surface area contributed by atoms with Gasteiger partial charge in [-0.25, -0.2) is 4.39 Å². The van der Waals surface area contributed by atoms with Gasteiger partial charge in [0.1, 0.15) is 10.8 Å². The predicted octanol–water partition coefficient (Wildman–Crippen LogP) is 4.13. The summed E-state index contributed by atoms with van der Waals surface area (Å²) in [4.78, 5) is 24.6. The number of hydrogen-bond acceptors (Lipinski definition) is 4. The Morgan fingerprint density at radius 1 is 1.21 bits per heavy atom. The Hall–Kier alpha value is -2.64. The van der Waals surface area contributed by atoms with Crippen molar-refractivity contribution in [3.63, 3.8) is 0 Å². The van der Waals surface area contributed by atoms with Crippen molar-refractivity contribution >= 4 is 29.3 Å². The molecule has 0 aliphatic rings. The Bertz CT molecular complexity index is 1090. The number of aryl methyl sites for hydroxylation is 1. The van der Waals surface area contributed by atoms with Crippen LogP contribution in [0.15, 0.2) is 64.4 Å². The normalized spacial score (nSPS) is 11.9. The average Bonchev–Trinajstić information content (AvgIpc) is 2.69. The number of carbonyl (C=O) groups is 1. The highest BCUT2D eigenvalue weighted by molar-refractivity contribution is 8.00. The molecule has 0 saturated heterocycles. The molecule has 1 N–H and O–H groups in total. The maximum Gasteiger partial charge on any atom is 0.271 e. The van der Waals surface area contributed by atoms with E-state index in [0.717, 1.165) is 5.56 Å². The first kappa shape index (κ1) is 21.1. The highest BCUT2D eigenvalue weighted by Crippen LogP contribution is 2.21. The fourth-order valence-corrected chi connectivity index (χ4v) is 3.62. The van der Waals surface area contributed by atoms with Gasteiger partial charge in [0.05, 0.1) is 10.9 Å². The summed E-state index contributed by atoms with van der Waals surface area (Å²) in [5.74, 6) is -0.644. The van der Waals surface area contributed by atoms with E-state index in [-0.39, 0.29) is 23.0 Å². The molecule has 0 fully saturated rings. The largest absolute Gasteiger partial charge is 0.351 e. The van der Waals surface area contributed by atoms with E-state index in [1.165, 1.54) is 40.7 Å². The topological polar surface area (TPSA) is 64.0 Å². The van der Waals surface area contributed by atoms with Crippen LogP contribution in [-0.4, -0.2) is 20.9 Å². The van der Waals surface area contributed by atoms with Gasteiger partial charge in [0, 0.05) is 17.6 Å². The van der Waals surface area contributed by atoms with Gasteiger partial charge in [-0.05, 0) is 49.7 Å². The summed E-state index contributed by atoms with van der Waals surface area (Å²) < 4.78 is 14.4. The standard InChI is InChI=1S/C21H19ClFN3O2S/c1-13-3-7-17(8-4-13)26-20(27)10-9-19(25-26)29-14(2)21(28)24-12-15-5-6-16(23)11-18(15)22/h3-11,14H,12H2,1-2H3,(H,24,28)/t14-/m0/s1. The summed E-state index contributed by atoms with van der Waals surface area (Å²) in [6, 6.07) is 14.5. The molecule has 0 aliphatic heterocycles. The molecule has 3 rings (SSSR count). The van der Waals surface area contributed by atoms with E-state index in [9.17, 15) is 14.0 Å². The number of carbonyl (C=O) groups excluding carboxylic acids is 1. The summed E-state index contributed by atoms with van der Waals surface area (Å²) in [6.45, 7) is 3.90. The molecule has 1 atom stereocenters. The van der Waals surface area contributed by atoms with Gasteiger partial charge in [-0.1, -0.05) is 47.1 Å². The number of thioether (sulfide) groups is 1. The van der Waals surface area contributed by atoms with Gasteiger partial charge in [-0.2, -0.15) is 9.78 Å². The first-order chi connectivity index (χ1) is 13.8. The molecule has 5 nitrogen and oxygen atoms in total. The van der Waals surface area contributed by atoms with Crippen molar-refractivity contribution in [3.05, 3.63) is 86.9 Å². The van der Waals surface area contributed by atoms with Crippen LogP contribution in [0.3, 0.4) is 0 Å². The second-order valence-corrected chi connectivity index (χ2v) is 8.24. The van der Waals surface area contributed by atoms with Crippen LogP contribution in [0.25, 0.3) is 5.69 Å². The quantitative estimate of drug-likeness (QED) is 0.596. The van der Waals surface area contributed by atoms with Crippen LogP contribution in [-0.2, 0) is 11.3 Å². The predicted molar refractivity (Wildman–Crippen MR) is 113 cm³/mol. The Labute approximate surface area is 176 Å². The van der Waals surface area contributed by atoms with Gasteiger partial charge < -0.3 is 5.32 Å². The molecule has 1 aromatic heterocycles. The first-order valence-electron chi connectivity index (χ1n) is 8.89. The van der Waals surface area contributed by atoms with E-state index >= 15 is 0 Å². The molecule has 2 aromatic carbocycles. The molecule has 0 bridgehead atoms. The zero-order chi connectivity index (χ0) is 21.0. The highest BCUT2D eigenvalue weighted by atomic mass is 35.5. The van der Waals surface area contributed by atoms with Crippen LogP contribution >= 0.6 is 23.4 Å². The second-order valence-electron chi connectivity index (χ2n) is 6.47. The third kappa shape index (κ3) is 5.46. The number of amides is 1.